The first-order valence-electron chi connectivity index (χ1n) is 6.05. The second-order valence-electron chi connectivity index (χ2n) is 4.82. The predicted octanol–water partition coefficient (Wildman–Crippen LogP) is 3.20. The summed E-state index contributed by atoms with van der Waals surface area (Å²) in [5.41, 5.74) is -1.53. The number of aromatic nitrogens is 2. The lowest BCUT2D eigenvalue weighted by molar-refractivity contribution is -0.137. The van der Waals surface area contributed by atoms with Crippen LogP contribution in [0, 0.1) is 5.82 Å². The molecule has 0 radical (unpaired) electrons. The molecule has 1 aromatic carbocycles. The maximum atomic E-state index is 13.0. The van der Waals surface area contributed by atoms with E-state index >= 15 is 0 Å². The van der Waals surface area contributed by atoms with E-state index in [-0.39, 0.29) is 5.92 Å². The maximum absolute atomic E-state index is 13.0. The van der Waals surface area contributed by atoms with Crippen LogP contribution in [0.5, 0.6) is 0 Å². The van der Waals surface area contributed by atoms with Crippen molar-refractivity contribution in [1.29, 1.82) is 0 Å². The Morgan fingerprint density at radius 3 is 2.50 bits per heavy atom. The first kappa shape index (κ1) is 13.0. The Hall–Kier alpha value is -2.05. The highest BCUT2D eigenvalue weighted by atomic mass is 19.4. The summed E-state index contributed by atoms with van der Waals surface area (Å²) in [4.78, 5) is 11.8. The van der Waals surface area contributed by atoms with E-state index in [1.165, 1.54) is 6.07 Å². The van der Waals surface area contributed by atoms with Crippen LogP contribution in [0.2, 0.25) is 0 Å². The molecule has 0 bridgehead atoms. The van der Waals surface area contributed by atoms with E-state index < -0.39 is 28.8 Å². The maximum Gasteiger partial charge on any atom is 0.418 e. The number of hydrogen-bond donors (Lipinski definition) is 1. The van der Waals surface area contributed by atoms with E-state index in [1.807, 2.05) is 0 Å². The third-order valence-electron chi connectivity index (χ3n) is 3.26. The Morgan fingerprint density at radius 1 is 1.20 bits per heavy atom. The van der Waals surface area contributed by atoms with Crippen molar-refractivity contribution in [3.63, 3.8) is 0 Å². The van der Waals surface area contributed by atoms with Crippen LogP contribution in [-0.2, 0) is 6.18 Å². The average Bonchev–Trinajstić information content (AvgIpc) is 3.12. The van der Waals surface area contributed by atoms with Gasteiger partial charge in [-0.1, -0.05) is 0 Å². The number of H-pyrrole nitrogens is 1. The fraction of sp³-hybridized carbons (Fsp3) is 0.308. The van der Waals surface area contributed by atoms with Gasteiger partial charge in [-0.25, -0.2) is 9.07 Å². The fourth-order valence-corrected chi connectivity index (χ4v) is 2.13. The van der Waals surface area contributed by atoms with Crippen LogP contribution in [0.4, 0.5) is 17.6 Å². The van der Waals surface area contributed by atoms with Crippen molar-refractivity contribution >= 4 is 0 Å². The van der Waals surface area contributed by atoms with Gasteiger partial charge in [0.05, 0.1) is 11.3 Å². The van der Waals surface area contributed by atoms with Crippen molar-refractivity contribution in [2.75, 3.05) is 0 Å². The molecule has 1 aliphatic carbocycles. The van der Waals surface area contributed by atoms with Crippen LogP contribution in [0.15, 0.2) is 29.1 Å². The van der Waals surface area contributed by atoms with Gasteiger partial charge in [0.15, 0.2) is 0 Å². The van der Waals surface area contributed by atoms with Crippen molar-refractivity contribution in [1.82, 2.24) is 9.78 Å². The molecular weight excluding hydrogens is 276 g/mol. The third kappa shape index (κ3) is 2.23. The minimum absolute atomic E-state index is 0.207. The molecule has 1 aliphatic rings. The Balaban J connectivity index is 2.16. The van der Waals surface area contributed by atoms with Gasteiger partial charge in [0.2, 0.25) is 0 Å². The second kappa shape index (κ2) is 4.22. The van der Waals surface area contributed by atoms with Gasteiger partial charge in [-0.3, -0.25) is 9.89 Å². The van der Waals surface area contributed by atoms with Gasteiger partial charge in [-0.15, -0.1) is 0 Å². The van der Waals surface area contributed by atoms with Gasteiger partial charge in [0.25, 0.3) is 5.56 Å². The number of nitrogens with one attached hydrogen (secondary N) is 1. The van der Waals surface area contributed by atoms with Crippen LogP contribution in [-0.4, -0.2) is 9.78 Å². The molecule has 1 saturated carbocycles. The van der Waals surface area contributed by atoms with Crippen LogP contribution < -0.4 is 5.56 Å². The SMILES string of the molecule is O=c1cc(C2CC2)[nH]n1-c1ccc(F)cc1C(F)(F)F. The zero-order valence-corrected chi connectivity index (χ0v) is 10.2. The topological polar surface area (TPSA) is 37.8 Å². The molecule has 106 valence electrons. The van der Waals surface area contributed by atoms with Gasteiger partial charge < -0.3 is 0 Å². The zero-order valence-electron chi connectivity index (χ0n) is 10.2. The summed E-state index contributed by atoms with van der Waals surface area (Å²) in [7, 11) is 0. The number of benzene rings is 1. The van der Waals surface area contributed by atoms with E-state index in [9.17, 15) is 22.4 Å². The monoisotopic (exact) mass is 286 g/mol. The minimum atomic E-state index is -4.73. The molecule has 2 aromatic rings. The quantitative estimate of drug-likeness (QED) is 0.846. The highest BCUT2D eigenvalue weighted by Crippen LogP contribution is 2.39. The Bertz CT molecular complexity index is 710. The highest BCUT2D eigenvalue weighted by Gasteiger charge is 2.35. The lowest BCUT2D eigenvalue weighted by Crippen LogP contribution is -2.19. The number of rotatable bonds is 2. The fourth-order valence-electron chi connectivity index (χ4n) is 2.13. The standard InChI is InChI=1S/C13H10F4N2O/c14-8-3-4-11(9(5-8)13(15,16)17)19-12(20)6-10(18-19)7-1-2-7/h3-7,18H,1-2H2. The summed E-state index contributed by atoms with van der Waals surface area (Å²) in [6.07, 6.45) is -2.91. The van der Waals surface area contributed by atoms with Crippen LogP contribution in [0.1, 0.15) is 30.0 Å². The van der Waals surface area contributed by atoms with Crippen molar-refractivity contribution in [2.24, 2.45) is 0 Å². The molecule has 1 fully saturated rings. The molecule has 0 amide bonds. The zero-order chi connectivity index (χ0) is 14.5. The molecule has 0 unspecified atom stereocenters. The molecule has 1 heterocycles. The van der Waals surface area contributed by atoms with Crippen LogP contribution >= 0.6 is 0 Å². The van der Waals surface area contributed by atoms with E-state index in [2.05, 4.69) is 5.10 Å². The first-order valence-corrected chi connectivity index (χ1v) is 6.05. The van der Waals surface area contributed by atoms with Crippen LogP contribution in [0.25, 0.3) is 5.69 Å². The molecule has 0 atom stereocenters. The van der Waals surface area contributed by atoms with Crippen molar-refractivity contribution < 1.29 is 17.6 Å². The summed E-state index contributed by atoms with van der Waals surface area (Å²) in [5.74, 6) is -0.790. The Kier molecular flexibility index (Phi) is 2.74. The summed E-state index contributed by atoms with van der Waals surface area (Å²) >= 11 is 0. The molecule has 1 aromatic heterocycles. The minimum Gasteiger partial charge on any atom is -0.295 e. The van der Waals surface area contributed by atoms with E-state index in [0.717, 1.165) is 29.7 Å². The van der Waals surface area contributed by atoms with Crippen molar-refractivity contribution in [2.45, 2.75) is 24.9 Å². The molecule has 7 heteroatoms. The summed E-state index contributed by atoms with van der Waals surface area (Å²) in [6, 6.07) is 3.53. The lowest BCUT2D eigenvalue weighted by Gasteiger charge is -2.13. The van der Waals surface area contributed by atoms with Gasteiger partial charge in [-0.05, 0) is 31.0 Å². The molecule has 0 aliphatic heterocycles. The smallest absolute Gasteiger partial charge is 0.295 e. The number of nitrogens with zero attached hydrogens (tertiary/aromatic N) is 1. The Morgan fingerprint density at radius 2 is 1.90 bits per heavy atom. The molecule has 1 N–H and O–H groups in total. The molecule has 0 saturated heterocycles. The molecule has 3 nitrogen and oxygen atoms in total. The predicted molar refractivity (Wildman–Crippen MR) is 63.3 cm³/mol. The molecular formula is C13H10F4N2O. The van der Waals surface area contributed by atoms with Gasteiger partial charge in [-0.2, -0.15) is 13.2 Å². The van der Waals surface area contributed by atoms with E-state index in [0.29, 0.717) is 11.8 Å². The highest BCUT2D eigenvalue weighted by molar-refractivity contribution is 5.43. The third-order valence-corrected chi connectivity index (χ3v) is 3.26. The van der Waals surface area contributed by atoms with Crippen LogP contribution in [0.3, 0.4) is 0 Å². The summed E-state index contributed by atoms with van der Waals surface area (Å²) in [6.45, 7) is 0. The second-order valence-corrected chi connectivity index (χ2v) is 4.82. The molecule has 0 spiro atoms. The first-order chi connectivity index (χ1) is 9.36. The van der Waals surface area contributed by atoms with Gasteiger partial charge >= 0.3 is 6.18 Å². The molecule has 3 rings (SSSR count). The average molecular weight is 286 g/mol. The van der Waals surface area contributed by atoms with Gasteiger partial charge in [0, 0.05) is 17.7 Å². The largest absolute Gasteiger partial charge is 0.418 e. The number of aromatic amines is 1. The Labute approximate surface area is 110 Å². The van der Waals surface area contributed by atoms with Crippen molar-refractivity contribution in [3.05, 3.63) is 51.7 Å². The normalized spacial score (nSPS) is 15.6. The van der Waals surface area contributed by atoms with E-state index in [4.69, 9.17) is 0 Å². The molecule has 20 heavy (non-hydrogen) atoms. The number of halogens is 4. The van der Waals surface area contributed by atoms with Crippen molar-refractivity contribution in [3.8, 4) is 5.69 Å². The number of hydrogen-bond acceptors (Lipinski definition) is 1. The summed E-state index contributed by atoms with van der Waals surface area (Å²) < 4.78 is 52.6. The van der Waals surface area contributed by atoms with E-state index in [1.54, 1.807) is 0 Å². The number of alkyl halides is 3. The van der Waals surface area contributed by atoms with Gasteiger partial charge in [0.1, 0.15) is 5.82 Å². The lowest BCUT2D eigenvalue weighted by atomic mass is 10.1. The summed E-state index contributed by atoms with van der Waals surface area (Å²) in [5, 5.41) is 2.67.